The van der Waals surface area contributed by atoms with Gasteiger partial charge in [0.1, 0.15) is 0 Å². The van der Waals surface area contributed by atoms with Crippen molar-refractivity contribution < 1.29 is 4.79 Å². The molecular formula is C18H36N2O. The molecule has 0 saturated carbocycles. The molecule has 0 radical (unpaired) electrons. The third-order valence-electron chi connectivity index (χ3n) is 3.92. The molecule has 0 saturated heterocycles. The maximum absolute atomic E-state index is 11.4. The smallest absolute Gasteiger partial charge is 0.248 e. The summed E-state index contributed by atoms with van der Waals surface area (Å²) in [6.07, 6.45) is 17.4. The Kier molecular flexibility index (Phi) is 14.7. The van der Waals surface area contributed by atoms with Gasteiger partial charge in [0.2, 0.25) is 5.91 Å². The minimum atomic E-state index is -0.0411. The van der Waals surface area contributed by atoms with Crippen LogP contribution in [0.5, 0.6) is 0 Å². The third kappa shape index (κ3) is 13.7. The van der Waals surface area contributed by atoms with E-state index in [-0.39, 0.29) is 5.91 Å². The number of nitrogens with two attached hydrogens (primary N) is 1. The van der Waals surface area contributed by atoms with Crippen LogP contribution in [-0.4, -0.2) is 12.5 Å². The summed E-state index contributed by atoms with van der Waals surface area (Å²) in [6, 6.07) is 0. The van der Waals surface area contributed by atoms with E-state index in [0.717, 1.165) is 13.0 Å². The summed E-state index contributed by atoms with van der Waals surface area (Å²) in [5.41, 5.74) is 5.89. The normalized spacial score (nSPS) is 11.6. The molecule has 0 fully saturated rings. The van der Waals surface area contributed by atoms with E-state index in [1.54, 1.807) is 6.92 Å². The lowest BCUT2D eigenvalue weighted by atomic mass is 10.1. The molecule has 0 spiro atoms. The van der Waals surface area contributed by atoms with Crippen LogP contribution in [0.25, 0.3) is 0 Å². The topological polar surface area (TPSA) is 55.1 Å². The quantitative estimate of drug-likeness (QED) is 0.361. The van der Waals surface area contributed by atoms with E-state index in [1.807, 2.05) is 0 Å². The second-order valence-corrected chi connectivity index (χ2v) is 5.99. The van der Waals surface area contributed by atoms with Gasteiger partial charge < -0.3 is 11.1 Å². The van der Waals surface area contributed by atoms with E-state index in [0.29, 0.717) is 5.57 Å². The standard InChI is InChI=1S/C18H36N2O/c1-3-4-5-6-7-8-9-10-11-12-13-14-15-20-18(21)17(2)16-19/h16H,3-15,19H2,1-2H3,(H,20,21). The molecule has 0 aliphatic carbocycles. The maximum Gasteiger partial charge on any atom is 0.248 e. The number of rotatable bonds is 14. The molecule has 0 aromatic heterocycles. The van der Waals surface area contributed by atoms with Gasteiger partial charge in [0, 0.05) is 18.3 Å². The fraction of sp³-hybridized carbons (Fsp3) is 0.833. The van der Waals surface area contributed by atoms with Crippen LogP contribution in [0.15, 0.2) is 11.8 Å². The summed E-state index contributed by atoms with van der Waals surface area (Å²) >= 11 is 0. The Morgan fingerprint density at radius 1 is 0.857 bits per heavy atom. The number of hydrogen-bond donors (Lipinski definition) is 2. The highest BCUT2D eigenvalue weighted by molar-refractivity contribution is 5.92. The first-order valence-corrected chi connectivity index (χ1v) is 8.89. The molecule has 0 aromatic carbocycles. The summed E-state index contributed by atoms with van der Waals surface area (Å²) in [6.45, 7) is 4.76. The summed E-state index contributed by atoms with van der Waals surface area (Å²) in [5.74, 6) is -0.0411. The first-order valence-electron chi connectivity index (χ1n) is 8.89. The number of carbonyl (C=O) groups excluding carboxylic acids is 1. The first kappa shape index (κ1) is 20.0. The molecule has 0 bridgehead atoms. The zero-order chi connectivity index (χ0) is 15.8. The van der Waals surface area contributed by atoms with Crippen LogP contribution in [0.4, 0.5) is 0 Å². The predicted molar refractivity (Wildman–Crippen MR) is 92.0 cm³/mol. The molecule has 0 rings (SSSR count). The summed E-state index contributed by atoms with van der Waals surface area (Å²) < 4.78 is 0. The highest BCUT2D eigenvalue weighted by atomic mass is 16.1. The van der Waals surface area contributed by atoms with Gasteiger partial charge in [-0.3, -0.25) is 4.79 Å². The van der Waals surface area contributed by atoms with Crippen LogP contribution in [0.2, 0.25) is 0 Å². The Morgan fingerprint density at radius 2 is 1.29 bits per heavy atom. The largest absolute Gasteiger partial charge is 0.404 e. The number of amides is 1. The fourth-order valence-electron chi connectivity index (χ4n) is 2.38. The van der Waals surface area contributed by atoms with Crippen molar-refractivity contribution in [1.82, 2.24) is 5.32 Å². The highest BCUT2D eigenvalue weighted by Gasteiger charge is 2.01. The van der Waals surface area contributed by atoms with E-state index >= 15 is 0 Å². The molecule has 3 heteroatoms. The van der Waals surface area contributed by atoms with Gasteiger partial charge >= 0.3 is 0 Å². The molecule has 0 aliphatic rings. The maximum atomic E-state index is 11.4. The summed E-state index contributed by atoms with van der Waals surface area (Å²) in [7, 11) is 0. The monoisotopic (exact) mass is 296 g/mol. The predicted octanol–water partition coefficient (Wildman–Crippen LogP) is 4.67. The number of unbranched alkanes of at least 4 members (excludes halogenated alkanes) is 11. The summed E-state index contributed by atoms with van der Waals surface area (Å²) in [5, 5.41) is 2.88. The van der Waals surface area contributed by atoms with Crippen molar-refractivity contribution in [3.8, 4) is 0 Å². The van der Waals surface area contributed by atoms with Gasteiger partial charge in [-0.2, -0.15) is 0 Å². The van der Waals surface area contributed by atoms with Crippen molar-refractivity contribution in [2.75, 3.05) is 6.54 Å². The van der Waals surface area contributed by atoms with Gasteiger partial charge in [-0.1, -0.05) is 77.6 Å². The van der Waals surface area contributed by atoms with Crippen LogP contribution < -0.4 is 11.1 Å². The Hall–Kier alpha value is -0.990. The number of hydrogen-bond acceptors (Lipinski definition) is 2. The Labute approximate surface area is 131 Å². The van der Waals surface area contributed by atoms with Crippen LogP contribution in [0, 0.1) is 0 Å². The van der Waals surface area contributed by atoms with Gasteiger partial charge in [0.15, 0.2) is 0 Å². The van der Waals surface area contributed by atoms with Crippen LogP contribution >= 0.6 is 0 Å². The van der Waals surface area contributed by atoms with Gasteiger partial charge in [-0.15, -0.1) is 0 Å². The van der Waals surface area contributed by atoms with Crippen molar-refractivity contribution in [3.05, 3.63) is 11.8 Å². The molecule has 3 nitrogen and oxygen atoms in total. The fourth-order valence-corrected chi connectivity index (χ4v) is 2.38. The van der Waals surface area contributed by atoms with E-state index < -0.39 is 0 Å². The highest BCUT2D eigenvalue weighted by Crippen LogP contribution is 2.11. The molecule has 0 aliphatic heterocycles. The van der Waals surface area contributed by atoms with Gasteiger partial charge in [0.05, 0.1) is 0 Å². The van der Waals surface area contributed by atoms with Crippen LogP contribution in [0.3, 0.4) is 0 Å². The van der Waals surface area contributed by atoms with E-state index in [9.17, 15) is 4.79 Å². The van der Waals surface area contributed by atoms with Crippen LogP contribution in [0.1, 0.15) is 90.9 Å². The lowest BCUT2D eigenvalue weighted by Gasteiger charge is -2.05. The SMILES string of the molecule is CCCCCCCCCCCCCCNC(=O)C(C)=CN. The zero-order valence-electron chi connectivity index (χ0n) is 14.3. The Morgan fingerprint density at radius 3 is 1.71 bits per heavy atom. The molecule has 0 unspecified atom stereocenters. The average molecular weight is 296 g/mol. The first-order chi connectivity index (χ1) is 10.2. The molecule has 0 aromatic rings. The second kappa shape index (κ2) is 15.4. The third-order valence-corrected chi connectivity index (χ3v) is 3.92. The Balaban J connectivity index is 3.14. The lowest BCUT2D eigenvalue weighted by Crippen LogP contribution is -2.25. The zero-order valence-corrected chi connectivity index (χ0v) is 14.3. The van der Waals surface area contributed by atoms with Gasteiger partial charge in [-0.05, 0) is 13.3 Å². The van der Waals surface area contributed by atoms with Crippen molar-refractivity contribution in [3.63, 3.8) is 0 Å². The van der Waals surface area contributed by atoms with E-state index in [1.165, 1.54) is 76.8 Å². The number of nitrogens with one attached hydrogen (secondary N) is 1. The lowest BCUT2D eigenvalue weighted by molar-refractivity contribution is -0.117. The van der Waals surface area contributed by atoms with E-state index in [4.69, 9.17) is 5.73 Å². The second-order valence-electron chi connectivity index (χ2n) is 5.99. The molecule has 0 heterocycles. The molecular weight excluding hydrogens is 260 g/mol. The number of carbonyl (C=O) groups is 1. The van der Waals surface area contributed by atoms with Crippen molar-refractivity contribution >= 4 is 5.91 Å². The molecule has 0 atom stereocenters. The van der Waals surface area contributed by atoms with Crippen molar-refractivity contribution in [2.24, 2.45) is 5.73 Å². The molecule has 1 amide bonds. The minimum absolute atomic E-state index is 0.0411. The van der Waals surface area contributed by atoms with Crippen molar-refractivity contribution in [2.45, 2.75) is 90.9 Å². The van der Waals surface area contributed by atoms with Crippen molar-refractivity contribution in [1.29, 1.82) is 0 Å². The minimum Gasteiger partial charge on any atom is -0.404 e. The molecule has 21 heavy (non-hydrogen) atoms. The Bertz CT molecular complexity index is 274. The van der Waals surface area contributed by atoms with Gasteiger partial charge in [-0.25, -0.2) is 0 Å². The molecule has 3 N–H and O–H groups in total. The van der Waals surface area contributed by atoms with E-state index in [2.05, 4.69) is 12.2 Å². The average Bonchev–Trinajstić information content (AvgIpc) is 2.50. The van der Waals surface area contributed by atoms with Gasteiger partial charge in [0.25, 0.3) is 0 Å². The molecule has 124 valence electrons. The summed E-state index contributed by atoms with van der Waals surface area (Å²) in [4.78, 5) is 11.4. The van der Waals surface area contributed by atoms with Crippen LogP contribution in [-0.2, 0) is 4.79 Å².